The molecule has 1 amide bonds. The number of anilines is 1. The molecule has 2 aliphatic heterocycles. The maximum absolute atomic E-state index is 12.8. The summed E-state index contributed by atoms with van der Waals surface area (Å²) in [5, 5.41) is 0.490. The van der Waals surface area contributed by atoms with Crippen LogP contribution in [0, 0.1) is 0 Å². The average Bonchev–Trinajstić information content (AvgIpc) is 2.66. The van der Waals surface area contributed by atoms with Crippen molar-refractivity contribution < 1.29 is 4.79 Å². The zero-order chi connectivity index (χ0) is 14.7. The lowest BCUT2D eigenvalue weighted by molar-refractivity contribution is -0.118. The van der Waals surface area contributed by atoms with Crippen molar-refractivity contribution in [2.75, 3.05) is 42.3 Å². The van der Waals surface area contributed by atoms with E-state index < -0.39 is 0 Å². The van der Waals surface area contributed by atoms with E-state index in [2.05, 4.69) is 30.1 Å². The van der Waals surface area contributed by atoms with E-state index in [0.29, 0.717) is 11.7 Å². The van der Waals surface area contributed by atoms with Crippen molar-refractivity contribution in [3.63, 3.8) is 0 Å². The highest BCUT2D eigenvalue weighted by molar-refractivity contribution is 8.06. The SMILES string of the molecule is CN1CCN(C(=O)C[C@@H]2CSCCS2)c2ccccc2C1. The first-order chi connectivity index (χ1) is 10.2. The van der Waals surface area contributed by atoms with Crippen LogP contribution in [0.1, 0.15) is 12.0 Å². The molecule has 1 saturated heterocycles. The average molecular weight is 322 g/mol. The molecule has 0 saturated carbocycles. The maximum atomic E-state index is 12.8. The van der Waals surface area contributed by atoms with Crippen LogP contribution in [-0.2, 0) is 11.3 Å². The van der Waals surface area contributed by atoms with Gasteiger partial charge in [0, 0.05) is 54.3 Å². The van der Waals surface area contributed by atoms with E-state index in [9.17, 15) is 4.79 Å². The van der Waals surface area contributed by atoms with Crippen LogP contribution in [0.3, 0.4) is 0 Å². The number of nitrogens with zero attached hydrogens (tertiary/aromatic N) is 2. The summed E-state index contributed by atoms with van der Waals surface area (Å²) in [6.07, 6.45) is 0.676. The fraction of sp³-hybridized carbons (Fsp3) is 0.562. The lowest BCUT2D eigenvalue weighted by Gasteiger charge is -2.26. The first kappa shape index (κ1) is 15.3. The molecule has 0 unspecified atom stereocenters. The Hall–Kier alpha value is -0.650. The molecular formula is C16H22N2OS2. The van der Waals surface area contributed by atoms with Crippen LogP contribution in [0.5, 0.6) is 0 Å². The Bertz CT molecular complexity index is 503. The minimum absolute atomic E-state index is 0.290. The Morgan fingerprint density at radius 2 is 2.14 bits per heavy atom. The van der Waals surface area contributed by atoms with Crippen LogP contribution in [-0.4, -0.2) is 53.5 Å². The molecule has 2 heterocycles. The lowest BCUT2D eigenvalue weighted by atomic mass is 10.1. The minimum atomic E-state index is 0.290. The number of hydrogen-bond acceptors (Lipinski definition) is 4. The fourth-order valence-corrected chi connectivity index (χ4v) is 5.56. The second kappa shape index (κ2) is 7.07. The number of fused-ring (bicyclic) bond motifs is 1. The standard InChI is InChI=1S/C16H22N2OS2/c1-17-6-7-18(15-5-3-2-4-13(15)11-17)16(19)10-14-12-20-8-9-21-14/h2-5,14H,6-12H2,1H3/t14-/m1/s1. The van der Waals surface area contributed by atoms with Crippen molar-refractivity contribution in [3.8, 4) is 0 Å². The molecule has 21 heavy (non-hydrogen) atoms. The molecule has 5 heteroatoms. The van der Waals surface area contributed by atoms with Gasteiger partial charge < -0.3 is 9.80 Å². The van der Waals surface area contributed by atoms with E-state index in [-0.39, 0.29) is 5.91 Å². The summed E-state index contributed by atoms with van der Waals surface area (Å²) in [4.78, 5) is 17.1. The molecule has 1 atom stereocenters. The van der Waals surface area contributed by atoms with Crippen LogP contribution in [0.25, 0.3) is 0 Å². The summed E-state index contributed by atoms with van der Waals surface area (Å²) < 4.78 is 0. The van der Waals surface area contributed by atoms with Gasteiger partial charge in [0.15, 0.2) is 0 Å². The molecule has 0 aliphatic carbocycles. The van der Waals surface area contributed by atoms with E-state index in [1.165, 1.54) is 17.1 Å². The smallest absolute Gasteiger partial charge is 0.228 e. The third-order valence-corrected chi connectivity index (χ3v) is 6.86. The molecule has 1 fully saturated rings. The summed E-state index contributed by atoms with van der Waals surface area (Å²) in [6, 6.07) is 8.34. The van der Waals surface area contributed by atoms with Gasteiger partial charge in [0.1, 0.15) is 0 Å². The topological polar surface area (TPSA) is 23.6 Å². The number of likely N-dealkylation sites (N-methyl/N-ethyl adjacent to an activating group) is 1. The van der Waals surface area contributed by atoms with Gasteiger partial charge in [-0.05, 0) is 18.7 Å². The highest BCUT2D eigenvalue weighted by Gasteiger charge is 2.26. The second-order valence-corrected chi connectivity index (χ2v) is 8.24. The number of amides is 1. The molecule has 1 aromatic carbocycles. The number of rotatable bonds is 2. The number of para-hydroxylation sites is 1. The Morgan fingerprint density at radius 3 is 2.95 bits per heavy atom. The summed E-state index contributed by atoms with van der Waals surface area (Å²) in [5.74, 6) is 3.82. The van der Waals surface area contributed by atoms with Crippen LogP contribution in [0.15, 0.2) is 24.3 Å². The van der Waals surface area contributed by atoms with Crippen molar-refractivity contribution in [3.05, 3.63) is 29.8 Å². The van der Waals surface area contributed by atoms with E-state index in [1.54, 1.807) is 0 Å². The van der Waals surface area contributed by atoms with Crippen LogP contribution < -0.4 is 4.90 Å². The van der Waals surface area contributed by atoms with Crippen molar-refractivity contribution in [2.24, 2.45) is 0 Å². The van der Waals surface area contributed by atoms with Crippen molar-refractivity contribution in [1.82, 2.24) is 4.90 Å². The molecule has 114 valence electrons. The molecule has 2 aliphatic rings. The van der Waals surface area contributed by atoms with Gasteiger partial charge in [-0.15, -0.1) is 0 Å². The van der Waals surface area contributed by atoms with Gasteiger partial charge in [-0.2, -0.15) is 23.5 Å². The summed E-state index contributed by atoms with van der Waals surface area (Å²) in [7, 11) is 2.12. The summed E-state index contributed by atoms with van der Waals surface area (Å²) in [6.45, 7) is 2.66. The third kappa shape index (κ3) is 3.76. The molecule has 1 aromatic rings. The van der Waals surface area contributed by atoms with Crippen molar-refractivity contribution in [1.29, 1.82) is 0 Å². The normalized spacial score (nSPS) is 23.5. The van der Waals surface area contributed by atoms with E-state index in [0.717, 1.165) is 31.1 Å². The molecule has 0 radical (unpaired) electrons. The quantitative estimate of drug-likeness (QED) is 0.835. The zero-order valence-electron chi connectivity index (χ0n) is 12.5. The molecule has 0 N–H and O–H groups in total. The Kier molecular flexibility index (Phi) is 5.14. The fourth-order valence-electron chi connectivity index (χ4n) is 2.89. The predicted octanol–water partition coefficient (Wildman–Crippen LogP) is 2.70. The van der Waals surface area contributed by atoms with Gasteiger partial charge in [0.25, 0.3) is 0 Å². The molecule has 3 nitrogen and oxygen atoms in total. The maximum Gasteiger partial charge on any atom is 0.228 e. The molecular weight excluding hydrogens is 300 g/mol. The third-order valence-electron chi connectivity index (χ3n) is 4.02. The number of benzene rings is 1. The highest BCUT2D eigenvalue weighted by Crippen LogP contribution is 2.29. The first-order valence-corrected chi connectivity index (χ1v) is 9.70. The van der Waals surface area contributed by atoms with Gasteiger partial charge in [0.05, 0.1) is 0 Å². The largest absolute Gasteiger partial charge is 0.311 e. The van der Waals surface area contributed by atoms with E-state index >= 15 is 0 Å². The number of hydrogen-bond donors (Lipinski definition) is 0. The Balaban J connectivity index is 1.75. The van der Waals surface area contributed by atoms with E-state index in [4.69, 9.17) is 0 Å². The zero-order valence-corrected chi connectivity index (χ0v) is 14.1. The first-order valence-electron chi connectivity index (χ1n) is 7.50. The van der Waals surface area contributed by atoms with Crippen LogP contribution >= 0.6 is 23.5 Å². The highest BCUT2D eigenvalue weighted by atomic mass is 32.2. The van der Waals surface area contributed by atoms with Gasteiger partial charge in [-0.25, -0.2) is 0 Å². The van der Waals surface area contributed by atoms with Gasteiger partial charge in [-0.1, -0.05) is 18.2 Å². The van der Waals surface area contributed by atoms with Crippen LogP contribution in [0.4, 0.5) is 5.69 Å². The Morgan fingerprint density at radius 1 is 1.29 bits per heavy atom. The second-order valence-electron chi connectivity index (χ2n) is 5.68. The minimum Gasteiger partial charge on any atom is -0.311 e. The number of carbonyl (C=O) groups is 1. The predicted molar refractivity (Wildman–Crippen MR) is 93.3 cm³/mol. The summed E-state index contributed by atoms with van der Waals surface area (Å²) >= 11 is 3.95. The van der Waals surface area contributed by atoms with Crippen LogP contribution in [0.2, 0.25) is 0 Å². The lowest BCUT2D eigenvalue weighted by Crippen LogP contribution is -2.37. The molecule has 0 aromatic heterocycles. The Labute approximate surface area is 135 Å². The van der Waals surface area contributed by atoms with Crippen molar-refractivity contribution >= 4 is 35.1 Å². The monoisotopic (exact) mass is 322 g/mol. The van der Waals surface area contributed by atoms with Gasteiger partial charge >= 0.3 is 0 Å². The van der Waals surface area contributed by atoms with Gasteiger partial charge in [0.2, 0.25) is 5.91 Å². The molecule has 0 bridgehead atoms. The number of carbonyl (C=O) groups excluding carboxylic acids is 1. The van der Waals surface area contributed by atoms with Crippen molar-refractivity contribution in [2.45, 2.75) is 18.2 Å². The number of thioether (sulfide) groups is 2. The molecule has 3 rings (SSSR count). The summed E-state index contributed by atoms with van der Waals surface area (Å²) in [5.41, 5.74) is 2.37. The molecule has 0 spiro atoms. The van der Waals surface area contributed by atoms with Gasteiger partial charge in [-0.3, -0.25) is 4.79 Å². The van der Waals surface area contributed by atoms with E-state index in [1.807, 2.05) is 34.5 Å².